The molecule has 0 aliphatic rings. The highest BCUT2D eigenvalue weighted by atomic mass is 16.4. The molecule has 0 radical (unpaired) electrons. The van der Waals surface area contributed by atoms with Gasteiger partial charge in [0, 0.05) is 12.3 Å². The van der Waals surface area contributed by atoms with Gasteiger partial charge in [0.15, 0.2) is 0 Å². The Kier molecular flexibility index (Phi) is 2.57. The van der Waals surface area contributed by atoms with Crippen LogP contribution < -0.4 is 0 Å². The molecule has 86 valence electrons. The molecule has 0 aliphatic heterocycles. The molecule has 0 fully saturated rings. The largest absolute Gasteiger partial charge is 0.478 e. The fourth-order valence-electron chi connectivity index (χ4n) is 1.23. The number of hydrogen-bond donors (Lipinski definition) is 3. The summed E-state index contributed by atoms with van der Waals surface area (Å²) in [6.07, 6.45) is 1.19. The van der Waals surface area contributed by atoms with E-state index >= 15 is 0 Å². The van der Waals surface area contributed by atoms with E-state index in [0.29, 0.717) is 11.4 Å². The Morgan fingerprint density at radius 1 is 1.12 bits per heavy atom. The number of nitrogens with zero attached hydrogens (tertiary/aromatic N) is 2. The molecule has 0 spiro atoms. The van der Waals surface area contributed by atoms with Crippen LogP contribution in [-0.4, -0.2) is 37.3 Å². The summed E-state index contributed by atoms with van der Waals surface area (Å²) in [7, 11) is 0. The van der Waals surface area contributed by atoms with E-state index in [1.54, 1.807) is 0 Å². The van der Waals surface area contributed by atoms with E-state index in [1.807, 2.05) is 0 Å². The van der Waals surface area contributed by atoms with Gasteiger partial charge in [-0.1, -0.05) is 0 Å². The first-order chi connectivity index (χ1) is 8.08. The van der Waals surface area contributed by atoms with Gasteiger partial charge < -0.3 is 10.2 Å². The fourth-order valence-corrected chi connectivity index (χ4v) is 1.23. The highest BCUT2D eigenvalue weighted by Crippen LogP contribution is 2.15. The Hall–Kier alpha value is -2.70. The van der Waals surface area contributed by atoms with Gasteiger partial charge in [0.05, 0.1) is 11.3 Å². The summed E-state index contributed by atoms with van der Waals surface area (Å²) >= 11 is 0. The predicted octanol–water partition coefficient (Wildman–Crippen LogP) is 0.868. The SMILES string of the molecule is O=C(O)c1ccc(-c2cc(C(=O)O)[nH]n2)nc1. The van der Waals surface area contributed by atoms with Crippen molar-refractivity contribution >= 4 is 11.9 Å². The van der Waals surface area contributed by atoms with E-state index in [4.69, 9.17) is 10.2 Å². The Balaban J connectivity index is 2.33. The molecule has 2 heterocycles. The number of aromatic amines is 1. The van der Waals surface area contributed by atoms with Crippen molar-refractivity contribution in [1.29, 1.82) is 0 Å². The zero-order valence-corrected chi connectivity index (χ0v) is 8.41. The van der Waals surface area contributed by atoms with E-state index < -0.39 is 11.9 Å². The van der Waals surface area contributed by atoms with Crippen LogP contribution in [0.25, 0.3) is 11.4 Å². The summed E-state index contributed by atoms with van der Waals surface area (Å²) in [5.41, 5.74) is 0.755. The number of H-pyrrole nitrogens is 1. The van der Waals surface area contributed by atoms with Gasteiger partial charge in [-0.3, -0.25) is 10.1 Å². The maximum Gasteiger partial charge on any atom is 0.353 e. The predicted molar refractivity (Wildman–Crippen MR) is 55.7 cm³/mol. The molecule has 7 heteroatoms. The maximum atomic E-state index is 10.6. The third kappa shape index (κ3) is 2.12. The van der Waals surface area contributed by atoms with Gasteiger partial charge in [-0.25, -0.2) is 9.59 Å². The first-order valence-corrected chi connectivity index (χ1v) is 4.56. The summed E-state index contributed by atoms with van der Waals surface area (Å²) in [6, 6.07) is 4.16. The second-order valence-electron chi connectivity index (χ2n) is 3.21. The monoisotopic (exact) mass is 233 g/mol. The molecule has 17 heavy (non-hydrogen) atoms. The molecule has 3 N–H and O–H groups in total. The quantitative estimate of drug-likeness (QED) is 0.724. The first-order valence-electron chi connectivity index (χ1n) is 4.56. The zero-order chi connectivity index (χ0) is 12.4. The van der Waals surface area contributed by atoms with Gasteiger partial charge in [-0.05, 0) is 12.1 Å². The number of aromatic carboxylic acids is 2. The molecule has 0 unspecified atom stereocenters. The second-order valence-corrected chi connectivity index (χ2v) is 3.21. The smallest absolute Gasteiger partial charge is 0.353 e. The number of hydrogen-bond acceptors (Lipinski definition) is 4. The molecule has 2 aromatic heterocycles. The number of nitrogens with one attached hydrogen (secondary N) is 1. The van der Waals surface area contributed by atoms with Gasteiger partial charge in [-0.2, -0.15) is 5.10 Å². The Morgan fingerprint density at radius 3 is 2.35 bits per heavy atom. The molecule has 0 saturated carbocycles. The minimum absolute atomic E-state index is 0.0517. The van der Waals surface area contributed by atoms with Gasteiger partial charge in [0.2, 0.25) is 0 Å². The van der Waals surface area contributed by atoms with Crippen molar-refractivity contribution in [3.05, 3.63) is 35.7 Å². The normalized spacial score (nSPS) is 10.1. The topological polar surface area (TPSA) is 116 Å². The van der Waals surface area contributed by atoms with Gasteiger partial charge in [-0.15, -0.1) is 0 Å². The summed E-state index contributed by atoms with van der Waals surface area (Å²) in [6.45, 7) is 0. The molecule has 0 amide bonds. The first kappa shape index (κ1) is 10.8. The number of carbonyl (C=O) groups is 2. The zero-order valence-electron chi connectivity index (χ0n) is 8.41. The lowest BCUT2D eigenvalue weighted by molar-refractivity contribution is 0.0682. The van der Waals surface area contributed by atoms with Gasteiger partial charge in [0.1, 0.15) is 11.4 Å². The standard InChI is InChI=1S/C10H7N3O4/c14-9(15)5-1-2-6(11-4-5)7-3-8(10(16)17)13-12-7/h1-4H,(H,12,13)(H,14,15)(H,16,17). The van der Waals surface area contributed by atoms with Crippen LogP contribution in [-0.2, 0) is 0 Å². The minimum atomic E-state index is -1.12. The number of pyridine rings is 1. The van der Waals surface area contributed by atoms with E-state index in [-0.39, 0.29) is 11.3 Å². The van der Waals surface area contributed by atoms with Crippen molar-refractivity contribution < 1.29 is 19.8 Å². The van der Waals surface area contributed by atoms with Crippen molar-refractivity contribution in [2.45, 2.75) is 0 Å². The minimum Gasteiger partial charge on any atom is -0.478 e. The van der Waals surface area contributed by atoms with Crippen molar-refractivity contribution in [3.63, 3.8) is 0 Å². The molecule has 2 rings (SSSR count). The highest BCUT2D eigenvalue weighted by Gasteiger charge is 2.10. The van der Waals surface area contributed by atoms with Crippen LogP contribution in [0.2, 0.25) is 0 Å². The molecule has 0 bridgehead atoms. The van der Waals surface area contributed by atoms with Crippen molar-refractivity contribution in [3.8, 4) is 11.4 Å². The van der Waals surface area contributed by atoms with Crippen LogP contribution in [0.4, 0.5) is 0 Å². The molecule has 0 saturated heterocycles. The lowest BCUT2D eigenvalue weighted by Gasteiger charge is -1.96. The van der Waals surface area contributed by atoms with Crippen LogP contribution in [0.3, 0.4) is 0 Å². The molecule has 7 nitrogen and oxygen atoms in total. The second kappa shape index (κ2) is 4.05. The molecular formula is C10H7N3O4. The van der Waals surface area contributed by atoms with Crippen LogP contribution in [0.5, 0.6) is 0 Å². The lowest BCUT2D eigenvalue weighted by atomic mass is 10.2. The Morgan fingerprint density at radius 2 is 1.88 bits per heavy atom. The van der Waals surface area contributed by atoms with E-state index in [0.717, 1.165) is 0 Å². The average Bonchev–Trinajstić information content (AvgIpc) is 2.78. The number of carboxylic acid groups (broad SMARTS) is 2. The third-order valence-corrected chi connectivity index (χ3v) is 2.08. The molecule has 0 aromatic carbocycles. The Bertz CT molecular complexity index is 573. The van der Waals surface area contributed by atoms with Crippen LogP contribution in [0.15, 0.2) is 24.4 Å². The van der Waals surface area contributed by atoms with Gasteiger partial charge in [0.25, 0.3) is 0 Å². The molecule has 0 aliphatic carbocycles. The van der Waals surface area contributed by atoms with E-state index in [9.17, 15) is 9.59 Å². The van der Waals surface area contributed by atoms with Gasteiger partial charge >= 0.3 is 11.9 Å². The summed E-state index contributed by atoms with van der Waals surface area (Å²) in [4.78, 5) is 25.1. The van der Waals surface area contributed by atoms with E-state index in [1.165, 1.54) is 24.4 Å². The fraction of sp³-hybridized carbons (Fsp3) is 0. The van der Waals surface area contributed by atoms with Crippen molar-refractivity contribution in [2.24, 2.45) is 0 Å². The maximum absolute atomic E-state index is 10.6. The van der Waals surface area contributed by atoms with Crippen molar-refractivity contribution in [1.82, 2.24) is 15.2 Å². The summed E-state index contributed by atoms with van der Waals surface area (Å²) < 4.78 is 0. The van der Waals surface area contributed by atoms with Crippen molar-refractivity contribution in [2.75, 3.05) is 0 Å². The number of aromatic nitrogens is 3. The molecule has 0 atom stereocenters. The van der Waals surface area contributed by atoms with E-state index in [2.05, 4.69) is 15.2 Å². The van der Waals surface area contributed by atoms with Crippen LogP contribution in [0.1, 0.15) is 20.8 Å². The molecular weight excluding hydrogens is 226 g/mol. The Labute approximate surface area is 94.7 Å². The third-order valence-electron chi connectivity index (χ3n) is 2.08. The van der Waals surface area contributed by atoms with Crippen LogP contribution >= 0.6 is 0 Å². The summed E-state index contributed by atoms with van der Waals surface area (Å²) in [5.74, 6) is -2.19. The molecule has 2 aromatic rings. The summed E-state index contributed by atoms with van der Waals surface area (Å²) in [5, 5.41) is 23.5. The van der Waals surface area contributed by atoms with Crippen LogP contribution in [0, 0.1) is 0 Å². The number of rotatable bonds is 3. The average molecular weight is 233 g/mol. The number of carboxylic acids is 2. The highest BCUT2D eigenvalue weighted by molar-refractivity contribution is 5.88. The lowest BCUT2D eigenvalue weighted by Crippen LogP contribution is -1.97.